The molecular weight excluding hydrogens is 400 g/mol. The average Bonchev–Trinajstić information content (AvgIpc) is 3.16. The molecule has 0 aliphatic heterocycles. The van der Waals surface area contributed by atoms with Gasteiger partial charge in [0.2, 0.25) is 0 Å². The quantitative estimate of drug-likeness (QED) is 0.557. The number of hydrogen-bond acceptors (Lipinski definition) is 5. The fourth-order valence-electron chi connectivity index (χ4n) is 2.70. The summed E-state index contributed by atoms with van der Waals surface area (Å²) in [5.41, 5.74) is 0.508. The highest BCUT2D eigenvalue weighted by Crippen LogP contribution is 2.40. The number of aromatic nitrogens is 2. The third kappa shape index (κ3) is 4.00. The first-order chi connectivity index (χ1) is 13.3. The van der Waals surface area contributed by atoms with Crippen molar-refractivity contribution in [3.63, 3.8) is 0 Å². The third-order valence-electron chi connectivity index (χ3n) is 3.83. The predicted molar refractivity (Wildman–Crippen MR) is 109 cm³/mol. The first kappa shape index (κ1) is 20.2. The molecule has 2 aromatic carbocycles. The van der Waals surface area contributed by atoms with Crippen LogP contribution in [0.4, 0.5) is 0 Å². The van der Waals surface area contributed by atoms with Crippen molar-refractivity contribution in [2.24, 2.45) is 0 Å². The minimum atomic E-state index is -3.80. The van der Waals surface area contributed by atoms with Crippen LogP contribution in [0.1, 0.15) is 20.8 Å². The number of nitrogens with zero attached hydrogens (tertiary/aromatic N) is 2. The summed E-state index contributed by atoms with van der Waals surface area (Å²) in [5, 5.41) is 0.321. The molecular formula is C20H21ClN2O4S. The zero-order valence-corrected chi connectivity index (χ0v) is 17.4. The van der Waals surface area contributed by atoms with E-state index in [1.54, 1.807) is 30.3 Å². The van der Waals surface area contributed by atoms with E-state index in [4.69, 9.17) is 21.1 Å². The maximum Gasteiger partial charge on any atom is 0.269 e. The Kier molecular flexibility index (Phi) is 5.96. The highest BCUT2D eigenvalue weighted by atomic mass is 35.5. The maximum absolute atomic E-state index is 13.0. The monoisotopic (exact) mass is 420 g/mol. The first-order valence-electron chi connectivity index (χ1n) is 8.82. The highest BCUT2D eigenvalue weighted by molar-refractivity contribution is 7.90. The summed E-state index contributed by atoms with van der Waals surface area (Å²) < 4.78 is 38.6. The molecule has 0 fully saturated rings. The summed E-state index contributed by atoms with van der Waals surface area (Å²) in [5.74, 6) is 1.10. The fourth-order valence-corrected chi connectivity index (χ4v) is 4.28. The van der Waals surface area contributed by atoms with Crippen LogP contribution in [0.2, 0.25) is 5.02 Å². The van der Waals surface area contributed by atoms with E-state index >= 15 is 0 Å². The summed E-state index contributed by atoms with van der Waals surface area (Å²) in [6.45, 7) is 6.03. The number of benzene rings is 2. The van der Waals surface area contributed by atoms with Crippen molar-refractivity contribution in [2.45, 2.75) is 31.8 Å². The van der Waals surface area contributed by atoms with Crippen LogP contribution in [0.3, 0.4) is 0 Å². The summed E-state index contributed by atoms with van der Waals surface area (Å²) in [7, 11) is -3.80. The van der Waals surface area contributed by atoms with Crippen molar-refractivity contribution in [2.75, 3.05) is 6.61 Å². The second-order valence-corrected chi connectivity index (χ2v) is 8.47. The molecule has 0 saturated heterocycles. The molecule has 0 bridgehead atoms. The van der Waals surface area contributed by atoms with Gasteiger partial charge < -0.3 is 9.47 Å². The number of ether oxygens (including phenoxy) is 2. The molecule has 3 aromatic rings. The van der Waals surface area contributed by atoms with Crippen LogP contribution in [0.25, 0.3) is 11.4 Å². The number of hydrogen-bond donors (Lipinski definition) is 0. The Hall–Kier alpha value is -2.51. The van der Waals surface area contributed by atoms with Crippen LogP contribution in [-0.4, -0.2) is 30.1 Å². The van der Waals surface area contributed by atoms with E-state index in [0.29, 0.717) is 28.7 Å². The Labute approximate surface area is 169 Å². The lowest BCUT2D eigenvalue weighted by Crippen LogP contribution is -2.13. The standard InChI is InChI=1S/C20H21ClN2O4S/c1-4-26-18-13-15(12-17(21)19(18)27-14(2)3)20-22-10-11-23(20)28(24,25)16-8-6-5-7-9-16/h5-14H,4H2,1-3H3. The van der Waals surface area contributed by atoms with Crippen LogP contribution in [-0.2, 0) is 10.0 Å². The van der Waals surface area contributed by atoms with E-state index in [1.165, 1.54) is 24.5 Å². The normalized spacial score (nSPS) is 11.6. The van der Waals surface area contributed by atoms with Crippen molar-refractivity contribution in [1.29, 1.82) is 0 Å². The molecule has 6 nitrogen and oxygen atoms in total. The zero-order chi connectivity index (χ0) is 20.3. The molecule has 1 heterocycles. The molecule has 1 aromatic heterocycles. The van der Waals surface area contributed by atoms with Gasteiger partial charge in [-0.15, -0.1) is 0 Å². The van der Waals surface area contributed by atoms with Gasteiger partial charge in [0.25, 0.3) is 10.0 Å². The van der Waals surface area contributed by atoms with Crippen molar-refractivity contribution in [3.8, 4) is 22.9 Å². The Balaban J connectivity index is 2.13. The average molecular weight is 421 g/mol. The van der Waals surface area contributed by atoms with Gasteiger partial charge in [-0.2, -0.15) is 0 Å². The second kappa shape index (κ2) is 8.24. The van der Waals surface area contributed by atoms with Gasteiger partial charge in [-0.1, -0.05) is 29.8 Å². The molecule has 8 heteroatoms. The van der Waals surface area contributed by atoms with Crippen LogP contribution < -0.4 is 9.47 Å². The van der Waals surface area contributed by atoms with Gasteiger partial charge >= 0.3 is 0 Å². The summed E-state index contributed by atoms with van der Waals surface area (Å²) >= 11 is 6.42. The molecule has 0 amide bonds. The van der Waals surface area contributed by atoms with E-state index in [9.17, 15) is 8.42 Å². The molecule has 28 heavy (non-hydrogen) atoms. The molecule has 0 spiro atoms. The van der Waals surface area contributed by atoms with E-state index in [2.05, 4.69) is 4.98 Å². The van der Waals surface area contributed by atoms with E-state index in [1.807, 2.05) is 20.8 Å². The molecule has 0 N–H and O–H groups in total. The lowest BCUT2D eigenvalue weighted by atomic mass is 10.2. The van der Waals surface area contributed by atoms with Crippen molar-refractivity contribution in [1.82, 2.24) is 8.96 Å². The van der Waals surface area contributed by atoms with Gasteiger partial charge in [0, 0.05) is 18.0 Å². The van der Waals surface area contributed by atoms with Crippen LogP contribution >= 0.6 is 11.6 Å². The molecule has 0 saturated carbocycles. The van der Waals surface area contributed by atoms with Crippen LogP contribution in [0.5, 0.6) is 11.5 Å². The molecule has 3 rings (SSSR count). The van der Waals surface area contributed by atoms with E-state index < -0.39 is 10.0 Å². The predicted octanol–water partition coefficient (Wildman–Crippen LogP) is 4.63. The summed E-state index contributed by atoms with van der Waals surface area (Å²) in [4.78, 5) is 4.41. The van der Waals surface area contributed by atoms with Gasteiger partial charge in [0.05, 0.1) is 22.6 Å². The van der Waals surface area contributed by atoms with E-state index in [-0.39, 0.29) is 16.8 Å². The molecule has 0 aliphatic rings. The lowest BCUT2D eigenvalue weighted by Gasteiger charge is -2.17. The minimum absolute atomic E-state index is 0.0944. The molecule has 0 unspecified atom stereocenters. The van der Waals surface area contributed by atoms with Crippen LogP contribution in [0.15, 0.2) is 59.8 Å². The number of halogens is 1. The molecule has 0 aliphatic carbocycles. The van der Waals surface area contributed by atoms with E-state index in [0.717, 1.165) is 3.97 Å². The SMILES string of the molecule is CCOc1cc(-c2nccn2S(=O)(=O)c2ccccc2)cc(Cl)c1OC(C)C. The third-order valence-corrected chi connectivity index (χ3v) is 5.79. The maximum atomic E-state index is 13.0. The summed E-state index contributed by atoms with van der Waals surface area (Å²) in [6, 6.07) is 11.5. The zero-order valence-electron chi connectivity index (χ0n) is 15.8. The number of rotatable bonds is 7. The lowest BCUT2D eigenvalue weighted by molar-refractivity contribution is 0.224. The largest absolute Gasteiger partial charge is 0.490 e. The second-order valence-electron chi connectivity index (χ2n) is 6.25. The van der Waals surface area contributed by atoms with Gasteiger partial charge in [-0.3, -0.25) is 0 Å². The smallest absolute Gasteiger partial charge is 0.269 e. The molecule has 148 valence electrons. The molecule has 0 radical (unpaired) electrons. The number of imidazole rings is 1. The van der Waals surface area contributed by atoms with Crippen molar-refractivity contribution in [3.05, 3.63) is 59.9 Å². The first-order valence-corrected chi connectivity index (χ1v) is 10.6. The van der Waals surface area contributed by atoms with Crippen molar-refractivity contribution >= 4 is 21.6 Å². The fraction of sp³-hybridized carbons (Fsp3) is 0.250. The van der Waals surface area contributed by atoms with Gasteiger partial charge in [-0.25, -0.2) is 17.4 Å². The highest BCUT2D eigenvalue weighted by Gasteiger charge is 2.23. The van der Waals surface area contributed by atoms with Crippen molar-refractivity contribution < 1.29 is 17.9 Å². The summed E-state index contributed by atoms with van der Waals surface area (Å²) in [6.07, 6.45) is 2.75. The van der Waals surface area contributed by atoms with Gasteiger partial charge in [-0.05, 0) is 45.0 Å². The van der Waals surface area contributed by atoms with Crippen LogP contribution in [0, 0.1) is 0 Å². The Morgan fingerprint density at radius 1 is 1.18 bits per heavy atom. The molecule has 0 atom stereocenters. The minimum Gasteiger partial charge on any atom is -0.490 e. The Bertz CT molecular complexity index is 1060. The topological polar surface area (TPSA) is 70.4 Å². The Morgan fingerprint density at radius 2 is 1.89 bits per heavy atom. The van der Waals surface area contributed by atoms with Gasteiger partial charge in [0.1, 0.15) is 0 Å². The van der Waals surface area contributed by atoms with Gasteiger partial charge in [0.15, 0.2) is 17.3 Å². The Morgan fingerprint density at radius 3 is 2.54 bits per heavy atom.